The average molecular weight is 347 g/mol. The van der Waals surface area contributed by atoms with Crippen LogP contribution in [0.4, 0.5) is 4.79 Å². The standard InChI is InChI=1S/C16H21N5O4/c1-5-24-14(22)12-8-11(9-18-15(23)25-16(2,3)4)13(20-19-12)21-7-6-17-10-21/h6-8,10H,5,9H2,1-4H3,(H,18,23). The Labute approximate surface area is 145 Å². The number of carbonyl (C=O) groups excluding carboxylic acids is 2. The monoisotopic (exact) mass is 347 g/mol. The number of aromatic nitrogens is 4. The van der Waals surface area contributed by atoms with E-state index in [0.29, 0.717) is 11.4 Å². The summed E-state index contributed by atoms with van der Waals surface area (Å²) in [7, 11) is 0. The quantitative estimate of drug-likeness (QED) is 0.822. The van der Waals surface area contributed by atoms with Crippen molar-refractivity contribution in [2.75, 3.05) is 6.61 Å². The maximum Gasteiger partial charge on any atom is 0.407 e. The fourth-order valence-electron chi connectivity index (χ4n) is 1.94. The number of alkyl carbamates (subject to hydrolysis) is 1. The highest BCUT2D eigenvalue weighted by molar-refractivity contribution is 5.87. The zero-order valence-electron chi connectivity index (χ0n) is 14.6. The topological polar surface area (TPSA) is 108 Å². The third kappa shape index (κ3) is 5.27. The van der Waals surface area contributed by atoms with Gasteiger partial charge in [-0.3, -0.25) is 4.57 Å². The van der Waals surface area contributed by atoms with Gasteiger partial charge in [-0.1, -0.05) is 0 Å². The minimum atomic E-state index is -0.607. The second kappa shape index (κ2) is 7.73. The van der Waals surface area contributed by atoms with Crippen molar-refractivity contribution in [1.82, 2.24) is 25.1 Å². The van der Waals surface area contributed by atoms with Crippen LogP contribution in [0.15, 0.2) is 24.8 Å². The molecule has 2 aromatic rings. The molecule has 0 spiro atoms. The number of esters is 1. The van der Waals surface area contributed by atoms with Crippen molar-refractivity contribution in [2.45, 2.75) is 39.8 Å². The van der Waals surface area contributed by atoms with Gasteiger partial charge in [-0.15, -0.1) is 10.2 Å². The van der Waals surface area contributed by atoms with Crippen LogP contribution < -0.4 is 5.32 Å². The maximum atomic E-state index is 11.9. The van der Waals surface area contributed by atoms with Crippen LogP contribution in [0.5, 0.6) is 0 Å². The minimum Gasteiger partial charge on any atom is -0.461 e. The Hall–Kier alpha value is -2.97. The summed E-state index contributed by atoms with van der Waals surface area (Å²) in [5.41, 5.74) is 0.0257. The third-order valence-electron chi connectivity index (χ3n) is 2.91. The molecule has 0 saturated carbocycles. The predicted molar refractivity (Wildman–Crippen MR) is 88.2 cm³/mol. The number of amides is 1. The smallest absolute Gasteiger partial charge is 0.407 e. The van der Waals surface area contributed by atoms with Gasteiger partial charge in [-0.25, -0.2) is 14.6 Å². The molecule has 9 heteroatoms. The van der Waals surface area contributed by atoms with E-state index in [2.05, 4.69) is 20.5 Å². The zero-order valence-corrected chi connectivity index (χ0v) is 14.6. The highest BCUT2D eigenvalue weighted by Gasteiger charge is 2.18. The SMILES string of the molecule is CCOC(=O)c1cc(CNC(=O)OC(C)(C)C)c(-n2ccnc2)nn1. The summed E-state index contributed by atoms with van der Waals surface area (Å²) >= 11 is 0. The molecule has 0 radical (unpaired) electrons. The number of nitrogens with one attached hydrogen (secondary N) is 1. The van der Waals surface area contributed by atoms with Gasteiger partial charge in [0.1, 0.15) is 11.9 Å². The molecule has 2 aromatic heterocycles. The number of hydrogen-bond donors (Lipinski definition) is 1. The predicted octanol–water partition coefficient (Wildman–Crippen LogP) is 1.86. The molecule has 1 amide bonds. The van der Waals surface area contributed by atoms with Gasteiger partial charge in [0.05, 0.1) is 6.61 Å². The molecular formula is C16H21N5O4. The van der Waals surface area contributed by atoms with Crippen LogP contribution in [-0.2, 0) is 16.0 Å². The van der Waals surface area contributed by atoms with Crippen molar-refractivity contribution in [1.29, 1.82) is 0 Å². The lowest BCUT2D eigenvalue weighted by Gasteiger charge is -2.20. The van der Waals surface area contributed by atoms with Crippen LogP contribution in [0.2, 0.25) is 0 Å². The van der Waals surface area contributed by atoms with E-state index in [1.165, 1.54) is 6.07 Å². The van der Waals surface area contributed by atoms with Crippen molar-refractivity contribution in [2.24, 2.45) is 0 Å². The van der Waals surface area contributed by atoms with E-state index in [1.807, 2.05) is 0 Å². The van der Waals surface area contributed by atoms with Crippen molar-refractivity contribution in [3.05, 3.63) is 36.0 Å². The van der Waals surface area contributed by atoms with Crippen LogP contribution in [-0.4, -0.2) is 44.0 Å². The van der Waals surface area contributed by atoms with Crippen molar-refractivity contribution in [3.63, 3.8) is 0 Å². The third-order valence-corrected chi connectivity index (χ3v) is 2.91. The van der Waals surface area contributed by atoms with Gasteiger partial charge in [0.15, 0.2) is 11.5 Å². The van der Waals surface area contributed by atoms with E-state index >= 15 is 0 Å². The Kier molecular flexibility index (Phi) is 5.68. The van der Waals surface area contributed by atoms with Crippen LogP contribution in [0.25, 0.3) is 5.82 Å². The summed E-state index contributed by atoms with van der Waals surface area (Å²) in [4.78, 5) is 27.7. The van der Waals surface area contributed by atoms with Crippen molar-refractivity contribution in [3.8, 4) is 5.82 Å². The summed E-state index contributed by atoms with van der Waals surface area (Å²) in [6.45, 7) is 7.36. The molecule has 1 N–H and O–H groups in total. The molecule has 0 aliphatic rings. The molecular weight excluding hydrogens is 326 g/mol. The lowest BCUT2D eigenvalue weighted by molar-refractivity contribution is 0.0513. The minimum absolute atomic E-state index is 0.0618. The fraction of sp³-hybridized carbons (Fsp3) is 0.438. The summed E-state index contributed by atoms with van der Waals surface area (Å²) in [5, 5.41) is 10.6. The van der Waals surface area contributed by atoms with E-state index in [4.69, 9.17) is 9.47 Å². The summed E-state index contributed by atoms with van der Waals surface area (Å²) in [6.07, 6.45) is 4.25. The molecule has 9 nitrogen and oxygen atoms in total. The molecule has 0 fully saturated rings. The second-order valence-corrected chi connectivity index (χ2v) is 6.12. The Morgan fingerprint density at radius 3 is 2.64 bits per heavy atom. The Bertz CT molecular complexity index is 737. The summed E-state index contributed by atoms with van der Waals surface area (Å²) in [5.74, 6) is -0.132. The van der Waals surface area contributed by atoms with E-state index in [9.17, 15) is 9.59 Å². The molecule has 0 aliphatic heterocycles. The molecule has 0 atom stereocenters. The van der Waals surface area contributed by atoms with Crippen LogP contribution in [0.1, 0.15) is 43.7 Å². The first-order valence-corrected chi connectivity index (χ1v) is 7.79. The number of carbonyl (C=O) groups is 2. The number of nitrogens with zero attached hydrogens (tertiary/aromatic N) is 4. The lowest BCUT2D eigenvalue weighted by atomic mass is 10.2. The lowest BCUT2D eigenvalue weighted by Crippen LogP contribution is -2.32. The summed E-state index contributed by atoms with van der Waals surface area (Å²) < 4.78 is 11.8. The normalized spacial score (nSPS) is 11.0. The Balaban J connectivity index is 2.24. The van der Waals surface area contributed by atoms with Gasteiger partial charge in [0.2, 0.25) is 0 Å². The second-order valence-electron chi connectivity index (χ2n) is 6.12. The van der Waals surface area contributed by atoms with Gasteiger partial charge in [-0.05, 0) is 33.8 Å². The molecule has 0 saturated heterocycles. The van der Waals surface area contributed by atoms with Crippen LogP contribution in [0.3, 0.4) is 0 Å². The molecule has 0 unspecified atom stereocenters. The van der Waals surface area contributed by atoms with Crippen LogP contribution >= 0.6 is 0 Å². The van der Waals surface area contributed by atoms with Gasteiger partial charge in [0, 0.05) is 24.5 Å². The van der Waals surface area contributed by atoms with Gasteiger partial charge in [-0.2, -0.15) is 0 Å². The Morgan fingerprint density at radius 1 is 1.28 bits per heavy atom. The highest BCUT2D eigenvalue weighted by atomic mass is 16.6. The molecule has 2 rings (SSSR count). The van der Waals surface area contributed by atoms with Crippen LogP contribution in [0, 0.1) is 0 Å². The average Bonchev–Trinajstić information content (AvgIpc) is 3.05. The molecule has 0 aliphatic carbocycles. The van der Waals surface area contributed by atoms with E-state index in [1.54, 1.807) is 51.0 Å². The number of rotatable bonds is 5. The highest BCUT2D eigenvalue weighted by Crippen LogP contribution is 2.13. The first-order chi connectivity index (χ1) is 11.8. The van der Waals surface area contributed by atoms with E-state index in [0.717, 1.165) is 0 Å². The van der Waals surface area contributed by atoms with Crippen molar-refractivity contribution >= 4 is 12.1 Å². The summed E-state index contributed by atoms with van der Waals surface area (Å²) in [6, 6.07) is 1.53. The molecule has 0 aromatic carbocycles. The zero-order chi connectivity index (χ0) is 18.4. The fourth-order valence-corrected chi connectivity index (χ4v) is 1.94. The van der Waals surface area contributed by atoms with Gasteiger partial charge in [0.25, 0.3) is 0 Å². The number of hydrogen-bond acceptors (Lipinski definition) is 7. The maximum absolute atomic E-state index is 11.9. The number of ether oxygens (including phenoxy) is 2. The first-order valence-electron chi connectivity index (χ1n) is 7.79. The van der Waals surface area contributed by atoms with E-state index < -0.39 is 17.7 Å². The van der Waals surface area contributed by atoms with E-state index in [-0.39, 0.29) is 18.8 Å². The van der Waals surface area contributed by atoms with Gasteiger partial charge < -0.3 is 14.8 Å². The largest absolute Gasteiger partial charge is 0.461 e. The molecule has 0 bridgehead atoms. The van der Waals surface area contributed by atoms with Crippen molar-refractivity contribution < 1.29 is 19.1 Å². The van der Waals surface area contributed by atoms with Gasteiger partial charge >= 0.3 is 12.1 Å². The molecule has 134 valence electrons. The number of imidazole rings is 1. The molecule has 25 heavy (non-hydrogen) atoms. The Morgan fingerprint density at radius 2 is 2.04 bits per heavy atom. The molecule has 2 heterocycles. The first kappa shape index (κ1) is 18.4.